The minimum atomic E-state index is -0.425. The van der Waals surface area contributed by atoms with E-state index in [0.717, 1.165) is 0 Å². The average Bonchev–Trinajstić information content (AvgIpc) is 2.43. The molecule has 0 spiro atoms. The number of nitrogens with one attached hydrogen (secondary N) is 1. The Kier molecular flexibility index (Phi) is 4.47. The van der Waals surface area contributed by atoms with Gasteiger partial charge < -0.3 is 10.1 Å². The fourth-order valence-corrected chi connectivity index (χ4v) is 1.82. The lowest BCUT2D eigenvalue weighted by Gasteiger charge is -2.18. The predicted molar refractivity (Wildman–Crippen MR) is 70.1 cm³/mol. The monoisotopic (exact) mass is 263 g/mol. The Balaban J connectivity index is 2.09. The SMILES string of the molecule is CNC(COc1ccccc1F)c1ccccc1F. The summed E-state index contributed by atoms with van der Waals surface area (Å²) in [5.41, 5.74) is 0.501. The van der Waals surface area contributed by atoms with Gasteiger partial charge in [-0.2, -0.15) is 0 Å². The first kappa shape index (κ1) is 13.5. The largest absolute Gasteiger partial charge is 0.489 e. The highest BCUT2D eigenvalue weighted by Crippen LogP contribution is 2.20. The quantitative estimate of drug-likeness (QED) is 0.893. The summed E-state index contributed by atoms with van der Waals surface area (Å²) in [5.74, 6) is -0.566. The molecule has 2 aromatic carbocycles. The number of hydrogen-bond donors (Lipinski definition) is 1. The van der Waals surface area contributed by atoms with Gasteiger partial charge in [0, 0.05) is 5.56 Å². The molecule has 0 saturated carbocycles. The molecule has 0 aliphatic heterocycles. The number of para-hydroxylation sites is 1. The first-order valence-corrected chi connectivity index (χ1v) is 6.01. The lowest BCUT2D eigenvalue weighted by molar-refractivity contribution is 0.259. The summed E-state index contributed by atoms with van der Waals surface area (Å²) in [6.45, 7) is 0.151. The van der Waals surface area contributed by atoms with Gasteiger partial charge in [0.2, 0.25) is 0 Å². The smallest absolute Gasteiger partial charge is 0.165 e. The first-order valence-electron chi connectivity index (χ1n) is 6.01. The van der Waals surface area contributed by atoms with Gasteiger partial charge in [0.1, 0.15) is 12.4 Å². The maximum atomic E-state index is 13.7. The van der Waals surface area contributed by atoms with Crippen molar-refractivity contribution in [2.75, 3.05) is 13.7 Å². The number of likely N-dealkylation sites (N-methyl/N-ethyl adjacent to an activating group) is 1. The van der Waals surface area contributed by atoms with Crippen LogP contribution in [0.25, 0.3) is 0 Å². The van der Waals surface area contributed by atoms with E-state index in [1.165, 1.54) is 12.1 Å². The molecule has 19 heavy (non-hydrogen) atoms. The summed E-state index contributed by atoms with van der Waals surface area (Å²) in [5, 5.41) is 2.96. The van der Waals surface area contributed by atoms with Crippen molar-refractivity contribution in [1.82, 2.24) is 5.32 Å². The van der Waals surface area contributed by atoms with E-state index in [0.29, 0.717) is 5.56 Å². The fraction of sp³-hybridized carbons (Fsp3) is 0.200. The second-order valence-corrected chi connectivity index (χ2v) is 4.10. The summed E-state index contributed by atoms with van der Waals surface area (Å²) in [4.78, 5) is 0. The van der Waals surface area contributed by atoms with Crippen LogP contribution < -0.4 is 10.1 Å². The molecular formula is C15H15F2NO. The van der Waals surface area contributed by atoms with Crippen molar-refractivity contribution < 1.29 is 13.5 Å². The molecule has 0 fully saturated rings. The van der Waals surface area contributed by atoms with Crippen LogP contribution in [0.3, 0.4) is 0 Å². The molecule has 0 bridgehead atoms. The van der Waals surface area contributed by atoms with Crippen LogP contribution in [0.1, 0.15) is 11.6 Å². The van der Waals surface area contributed by atoms with Gasteiger partial charge in [-0.3, -0.25) is 0 Å². The zero-order chi connectivity index (χ0) is 13.7. The average molecular weight is 263 g/mol. The molecule has 2 nitrogen and oxygen atoms in total. The lowest BCUT2D eigenvalue weighted by Crippen LogP contribution is -2.24. The van der Waals surface area contributed by atoms with Crippen LogP contribution in [0.15, 0.2) is 48.5 Å². The van der Waals surface area contributed by atoms with Crippen molar-refractivity contribution in [3.8, 4) is 5.75 Å². The van der Waals surface area contributed by atoms with Crippen LogP contribution in [0.4, 0.5) is 8.78 Å². The van der Waals surface area contributed by atoms with E-state index in [-0.39, 0.29) is 24.2 Å². The molecular weight excluding hydrogens is 248 g/mol. The highest BCUT2D eigenvalue weighted by molar-refractivity contribution is 5.25. The zero-order valence-electron chi connectivity index (χ0n) is 10.6. The number of ether oxygens (including phenoxy) is 1. The third-order valence-electron chi connectivity index (χ3n) is 2.87. The number of hydrogen-bond acceptors (Lipinski definition) is 2. The molecule has 1 N–H and O–H groups in total. The molecule has 0 aliphatic carbocycles. The summed E-state index contributed by atoms with van der Waals surface area (Å²) >= 11 is 0. The molecule has 1 atom stereocenters. The van der Waals surface area contributed by atoms with Crippen molar-refractivity contribution in [1.29, 1.82) is 0 Å². The third kappa shape index (κ3) is 3.29. The molecule has 0 aromatic heterocycles. The van der Waals surface area contributed by atoms with Crippen LogP contribution in [0, 0.1) is 11.6 Å². The van der Waals surface area contributed by atoms with Crippen molar-refractivity contribution in [3.05, 3.63) is 65.7 Å². The third-order valence-corrected chi connectivity index (χ3v) is 2.87. The Morgan fingerprint density at radius 1 is 1.00 bits per heavy atom. The Morgan fingerprint density at radius 3 is 2.26 bits per heavy atom. The van der Waals surface area contributed by atoms with E-state index in [4.69, 9.17) is 4.74 Å². The predicted octanol–water partition coefficient (Wildman–Crippen LogP) is 3.30. The first-order chi connectivity index (χ1) is 9.22. The van der Waals surface area contributed by atoms with Gasteiger partial charge in [-0.1, -0.05) is 30.3 Å². The topological polar surface area (TPSA) is 21.3 Å². The van der Waals surface area contributed by atoms with Gasteiger partial charge >= 0.3 is 0 Å². The van der Waals surface area contributed by atoms with E-state index in [1.54, 1.807) is 43.4 Å². The maximum absolute atomic E-state index is 13.7. The molecule has 0 saturated heterocycles. The van der Waals surface area contributed by atoms with E-state index in [1.807, 2.05) is 0 Å². The van der Waals surface area contributed by atoms with Gasteiger partial charge in [-0.15, -0.1) is 0 Å². The molecule has 4 heteroatoms. The van der Waals surface area contributed by atoms with E-state index in [2.05, 4.69) is 5.32 Å². The van der Waals surface area contributed by atoms with Gasteiger partial charge in [0.05, 0.1) is 6.04 Å². The van der Waals surface area contributed by atoms with Gasteiger partial charge in [-0.05, 0) is 25.2 Å². The number of halogens is 2. The summed E-state index contributed by atoms with van der Waals surface area (Å²) in [6, 6.07) is 12.3. The fourth-order valence-electron chi connectivity index (χ4n) is 1.82. The highest BCUT2D eigenvalue weighted by Gasteiger charge is 2.14. The second-order valence-electron chi connectivity index (χ2n) is 4.10. The molecule has 100 valence electrons. The van der Waals surface area contributed by atoms with Crippen LogP contribution in [0.5, 0.6) is 5.75 Å². The second kappa shape index (κ2) is 6.29. The van der Waals surface area contributed by atoms with Crippen molar-refractivity contribution in [2.24, 2.45) is 0 Å². The van der Waals surface area contributed by atoms with E-state index < -0.39 is 5.82 Å². The number of benzene rings is 2. The van der Waals surface area contributed by atoms with Gasteiger partial charge in [0.15, 0.2) is 11.6 Å². The maximum Gasteiger partial charge on any atom is 0.165 e. The van der Waals surface area contributed by atoms with Crippen molar-refractivity contribution in [3.63, 3.8) is 0 Å². The summed E-state index contributed by atoms with van der Waals surface area (Å²) in [7, 11) is 1.71. The molecule has 2 aromatic rings. The van der Waals surface area contributed by atoms with Crippen LogP contribution in [-0.4, -0.2) is 13.7 Å². The molecule has 1 unspecified atom stereocenters. The lowest BCUT2D eigenvalue weighted by atomic mass is 10.1. The molecule has 0 radical (unpaired) electrons. The van der Waals surface area contributed by atoms with E-state index in [9.17, 15) is 8.78 Å². The van der Waals surface area contributed by atoms with Crippen LogP contribution in [-0.2, 0) is 0 Å². The molecule has 0 aliphatic rings. The van der Waals surface area contributed by atoms with Crippen LogP contribution in [0.2, 0.25) is 0 Å². The minimum Gasteiger partial charge on any atom is -0.489 e. The molecule has 2 rings (SSSR count). The van der Waals surface area contributed by atoms with Gasteiger partial charge in [-0.25, -0.2) is 8.78 Å². The Morgan fingerprint density at radius 2 is 1.63 bits per heavy atom. The Hall–Kier alpha value is -1.94. The normalized spacial score (nSPS) is 12.2. The summed E-state index contributed by atoms with van der Waals surface area (Å²) in [6.07, 6.45) is 0. The summed E-state index contributed by atoms with van der Waals surface area (Å²) < 4.78 is 32.5. The van der Waals surface area contributed by atoms with Crippen molar-refractivity contribution in [2.45, 2.75) is 6.04 Å². The van der Waals surface area contributed by atoms with Crippen LogP contribution >= 0.6 is 0 Å². The Labute approximate surface area is 111 Å². The Bertz CT molecular complexity index is 545. The van der Waals surface area contributed by atoms with E-state index >= 15 is 0 Å². The highest BCUT2D eigenvalue weighted by atomic mass is 19.1. The van der Waals surface area contributed by atoms with Gasteiger partial charge in [0.25, 0.3) is 0 Å². The number of rotatable bonds is 5. The molecule has 0 heterocycles. The zero-order valence-corrected chi connectivity index (χ0v) is 10.6. The standard InChI is InChI=1S/C15H15F2NO/c1-18-14(11-6-2-3-7-12(11)16)10-19-15-9-5-4-8-13(15)17/h2-9,14,18H,10H2,1H3. The van der Waals surface area contributed by atoms with Crippen molar-refractivity contribution >= 4 is 0 Å². The minimum absolute atomic E-state index is 0.151. The molecule has 0 amide bonds.